The maximum absolute atomic E-state index is 12.4. The second kappa shape index (κ2) is 67.2. The topological polar surface area (TPSA) is 619 Å². The van der Waals surface area contributed by atoms with Gasteiger partial charge in [-0.2, -0.15) is 0 Å². The standard InChI is InChI=1S/C20H32BN2O5.C16H24BN2O3.C15H20N2O6.C15H24N2O2.C14H17NO4.C10H21O5P.C8H7NO3.C2H4O.CH3NO2/c1-15-5-6-17(23(7-9-24)8-10-25)12-18(15)16(13-22-21-14-26)11-19(27)28-20(2,3)4;1-11-5-6-13(18)8-14(11)12(9-19-17-10-20)7-15(21)22-16(2,3)4;1-10-5-6-12(17(21)22)8-13(10)11(9-16(19)20)7-14(18)23-15(2,3)4;1-10-5-6-12(17)8-13(10)11(9-16)7-14(18)19-15(2,3)4;1-10-5-7-12(15(17)18)9-11(10)6-8-13(16)19-14(2,3)4;1-6-13-16(12,14-7-2)8-9(11)15-10(3,4)5;1-6-2-3-8(9(11)12)4-7(6)5-10;1-2-3-1;1-2(3)4/h5-6,12,14,16,22,24-25H,7-11,13H2,1-4H3;5-6,8,10,12,19H,7,9,18H2,1-4H3;5-6,8,11H,7,9H2,1-4H3;5-6,8,11H,7,9,16-17H2,1-4H3;5-9H,1-4H3;6-8H2,1-5H3;2-5H,1H3;1-2H2;1H3/b;;;;8-6+;;;;. The summed E-state index contributed by atoms with van der Waals surface area (Å²) in [5.74, 6) is -3.58. The summed E-state index contributed by atoms with van der Waals surface area (Å²) in [4.78, 5) is 154. The van der Waals surface area contributed by atoms with Gasteiger partial charge in [0.1, 0.15) is 39.8 Å². The van der Waals surface area contributed by atoms with Gasteiger partial charge >= 0.3 is 43.4 Å². The number of aldehydes is 1. The minimum Gasteiger partial charge on any atom is -0.460 e. The molecule has 1 aliphatic rings. The maximum Gasteiger partial charge on any atom is 0.341 e. The van der Waals surface area contributed by atoms with E-state index < -0.39 is 96.2 Å². The Hall–Kier alpha value is -12.7. The number of aliphatic hydroxyl groups excluding tert-OH is 2. The van der Waals surface area contributed by atoms with Crippen LogP contribution in [0.2, 0.25) is 0 Å². The molecule has 6 aromatic carbocycles. The molecule has 146 heavy (non-hydrogen) atoms. The first kappa shape index (κ1) is 135. The number of rotatable bonds is 40. The first-order chi connectivity index (χ1) is 67.4. The van der Waals surface area contributed by atoms with Gasteiger partial charge in [0.15, 0.2) is 13.3 Å². The molecular weight excluding hydrogens is 1920 g/mol. The molecule has 1 fully saturated rings. The average Bonchev–Trinajstić information content (AvgIpc) is 1.18. The van der Waals surface area contributed by atoms with Gasteiger partial charge in [0, 0.05) is 106 Å². The lowest BCUT2D eigenvalue weighted by Crippen LogP contribution is -2.31. The molecule has 0 amide bonds. The number of nitrogens with two attached hydrogens (primary N) is 3. The molecule has 0 saturated carbocycles. The van der Waals surface area contributed by atoms with Crippen LogP contribution in [0.4, 0.5) is 34.1 Å². The van der Waals surface area contributed by atoms with E-state index in [2.05, 4.69) is 15.2 Å². The van der Waals surface area contributed by atoms with Gasteiger partial charge in [-0.25, -0.2) is 4.79 Å². The van der Waals surface area contributed by atoms with Gasteiger partial charge in [-0.05, 0) is 303 Å². The number of aliphatic hydroxyl groups is 2. The number of nitrogens with zero attached hydrogens (tertiary/aromatic N) is 6. The zero-order valence-electron chi connectivity index (χ0n) is 89.4. The van der Waals surface area contributed by atoms with Gasteiger partial charge in [-0.3, -0.25) is 83.9 Å². The molecule has 2 radical (unpaired) electrons. The Morgan fingerprint density at radius 1 is 0.459 bits per heavy atom. The number of nitro groups is 5. The largest absolute Gasteiger partial charge is 0.460 e. The molecule has 45 heteroatoms. The van der Waals surface area contributed by atoms with E-state index in [9.17, 15) is 98.4 Å². The summed E-state index contributed by atoms with van der Waals surface area (Å²) in [7, 11) is 0.187. The zero-order chi connectivity index (χ0) is 113. The van der Waals surface area contributed by atoms with Crippen molar-refractivity contribution in [2.45, 2.75) is 263 Å². The summed E-state index contributed by atoms with van der Waals surface area (Å²) in [5.41, 5.74) is 25.8. The van der Waals surface area contributed by atoms with Crippen LogP contribution < -0.4 is 32.6 Å². The van der Waals surface area contributed by atoms with Crippen LogP contribution in [0.15, 0.2) is 115 Å². The van der Waals surface area contributed by atoms with Crippen LogP contribution in [0, 0.1) is 92.1 Å². The number of aryl methyl sites for hydroxylation is 6. The number of carbonyl (C=O) groups is 9. The molecule has 4 atom stereocenters. The molecule has 0 spiro atoms. The number of anilines is 3. The highest BCUT2D eigenvalue weighted by molar-refractivity contribution is 7.54. The van der Waals surface area contributed by atoms with Crippen molar-refractivity contribution in [1.29, 1.82) is 0 Å². The lowest BCUT2D eigenvalue weighted by molar-refractivity contribution is -0.483. The summed E-state index contributed by atoms with van der Waals surface area (Å²) >= 11 is 0. The molecule has 1 saturated heterocycles. The van der Waals surface area contributed by atoms with Crippen LogP contribution in [-0.2, 0) is 85.1 Å². The lowest BCUT2D eigenvalue weighted by atomic mass is 9.88. The Morgan fingerprint density at radius 2 is 0.767 bits per heavy atom. The predicted octanol–water partition coefficient (Wildman–Crippen LogP) is 15.6. The summed E-state index contributed by atoms with van der Waals surface area (Å²) in [6.45, 7) is 50.8. The normalized spacial score (nSPS) is 12.3. The smallest absolute Gasteiger partial charge is 0.341 e. The summed E-state index contributed by atoms with van der Waals surface area (Å²) in [6, 6.07) is 30.0. The number of ether oxygens (including phenoxy) is 7. The summed E-state index contributed by atoms with van der Waals surface area (Å²) in [6.07, 6.45) is 4.87. The molecule has 1 aliphatic heterocycles. The third kappa shape index (κ3) is 64.3. The molecule has 1 heterocycles. The van der Waals surface area contributed by atoms with Gasteiger partial charge < -0.3 is 94.6 Å². The first-order valence-corrected chi connectivity index (χ1v) is 48.5. The highest BCUT2D eigenvalue weighted by atomic mass is 31.2. The second-order valence-corrected chi connectivity index (χ2v) is 41.0. The molecule has 0 aromatic heterocycles. The predicted molar refractivity (Wildman–Crippen MR) is 563 cm³/mol. The summed E-state index contributed by atoms with van der Waals surface area (Å²) in [5, 5.41) is 76.0. The zero-order valence-corrected chi connectivity index (χ0v) is 90.3. The van der Waals surface area contributed by atoms with Crippen molar-refractivity contribution in [3.05, 3.63) is 233 Å². The number of esters is 6. The van der Waals surface area contributed by atoms with Crippen LogP contribution in [-0.4, -0.2) is 230 Å². The number of carbonyl (C=O) groups excluding carboxylic acids is 9. The third-order valence-corrected chi connectivity index (χ3v) is 20.7. The quantitative estimate of drug-likeness (QED) is 0.00161. The Bertz CT molecular complexity index is 5250. The number of hydrogen-bond donors (Lipinski definition) is 7. The highest BCUT2D eigenvalue weighted by Crippen LogP contribution is 2.48. The van der Waals surface area contributed by atoms with Crippen molar-refractivity contribution in [3.8, 4) is 0 Å². The summed E-state index contributed by atoms with van der Waals surface area (Å²) < 4.78 is 58.0. The maximum atomic E-state index is 12.4. The van der Waals surface area contributed by atoms with E-state index in [-0.39, 0.29) is 111 Å². The van der Waals surface area contributed by atoms with Crippen LogP contribution in [0.25, 0.3) is 6.08 Å². The van der Waals surface area contributed by atoms with Crippen LogP contribution in [0.3, 0.4) is 0 Å². The van der Waals surface area contributed by atoms with Crippen LogP contribution >= 0.6 is 7.60 Å². The molecule has 10 N–H and O–H groups in total. The molecule has 0 aliphatic carbocycles. The van der Waals surface area contributed by atoms with Crippen molar-refractivity contribution in [1.82, 2.24) is 10.5 Å². The third-order valence-electron chi connectivity index (χ3n) is 18.8. The van der Waals surface area contributed by atoms with Gasteiger partial charge in [0.05, 0.1) is 98.4 Å². The van der Waals surface area contributed by atoms with Crippen LogP contribution in [0.5, 0.6) is 0 Å². The van der Waals surface area contributed by atoms with E-state index >= 15 is 0 Å². The fourth-order valence-corrected chi connectivity index (χ4v) is 14.2. The molecule has 808 valence electrons. The number of nitro benzene ring substituents is 3. The Morgan fingerprint density at radius 3 is 1.10 bits per heavy atom. The van der Waals surface area contributed by atoms with E-state index in [1.807, 2.05) is 150 Å². The SMILES string of the molecule is C1CO1.CCOP(=O)(CC(=O)OC(C)(C)C)OCC.C[N+](=O)[O-].Cc1ccc(N(CCO)CCO)cc1C(CN[B]C=O)CC(=O)OC(C)(C)C.Cc1ccc(N)cc1C(CN)CC(=O)OC(C)(C)C.Cc1ccc(N)cc1C(CN[B]C=O)CC(=O)OC(C)(C)C.Cc1ccc([N+](=O)[O-])cc1/C=C/C(=O)OC(C)(C)C.Cc1ccc([N+](=O)[O-])cc1C(CC(=O)OC(C)(C)C)C[N+](=O)[O-].Cc1ccc([N+](=O)[O-])cc1C=O. The number of benzene rings is 6. The van der Waals surface area contributed by atoms with Crippen molar-refractivity contribution >= 4 is 117 Å². The number of nitrogen functional groups attached to an aromatic ring is 2. The molecule has 6 aromatic rings. The van der Waals surface area contributed by atoms with E-state index in [4.69, 9.17) is 64.8 Å². The Kier molecular flexibility index (Phi) is 62.3. The van der Waals surface area contributed by atoms with E-state index in [1.54, 1.807) is 102 Å². The van der Waals surface area contributed by atoms with Crippen molar-refractivity contribution < 1.29 is 125 Å². The number of hydrogen-bond acceptors (Lipinski definition) is 37. The Labute approximate surface area is 857 Å². The van der Waals surface area contributed by atoms with E-state index in [1.165, 1.54) is 69.4 Å². The van der Waals surface area contributed by atoms with Gasteiger partial charge in [0.2, 0.25) is 6.54 Å². The van der Waals surface area contributed by atoms with Crippen molar-refractivity contribution in [2.75, 3.05) is 108 Å². The van der Waals surface area contributed by atoms with Gasteiger partial charge in [-0.1, -0.05) is 36.4 Å². The molecule has 0 bridgehead atoms. The second-order valence-electron chi connectivity index (χ2n) is 39.0. The van der Waals surface area contributed by atoms with Gasteiger partial charge in [0.25, 0.3) is 31.9 Å². The van der Waals surface area contributed by atoms with Crippen molar-refractivity contribution in [3.63, 3.8) is 0 Å². The fraction of sp³-hybridized carbons (Fsp3) is 0.535. The monoisotopic (exact) mass is 2070 g/mol. The number of epoxide rings is 1. The molecule has 7 rings (SSSR count). The lowest BCUT2D eigenvalue weighted by Gasteiger charge is -2.27. The average molecular weight is 2070 g/mol. The number of non-ortho nitro benzene ring substituents is 3. The fourth-order valence-electron chi connectivity index (χ4n) is 12.8. The minimum absolute atomic E-state index is 0.00515. The van der Waals surface area contributed by atoms with Crippen molar-refractivity contribution in [2.24, 2.45) is 5.73 Å². The van der Waals surface area contributed by atoms with E-state index in [0.717, 1.165) is 70.5 Å². The van der Waals surface area contributed by atoms with E-state index in [0.29, 0.717) is 85.0 Å². The highest BCUT2D eigenvalue weighted by Gasteiger charge is 2.33. The molecule has 42 nitrogen and oxygen atoms in total. The number of nitrogens with one attached hydrogen (secondary N) is 2. The van der Waals surface area contributed by atoms with Gasteiger partial charge in [-0.15, -0.1) is 0 Å². The molecular formula is C101H152B2N11O31P. The van der Waals surface area contributed by atoms with Crippen LogP contribution in [0.1, 0.15) is 259 Å². The minimum atomic E-state index is -3.34. The molecule has 4 unspecified atom stereocenters. The Balaban J connectivity index is 0. The first-order valence-electron chi connectivity index (χ1n) is 46.8.